The Kier molecular flexibility index (Phi) is 4.49. The summed E-state index contributed by atoms with van der Waals surface area (Å²) in [4.78, 5) is 0.248. The van der Waals surface area contributed by atoms with Crippen LogP contribution in [0.3, 0.4) is 0 Å². The molecule has 4 heteroatoms. The number of hydrogen-bond acceptors (Lipinski definition) is 2. The number of hydrogen-bond donors (Lipinski definition) is 0. The molecule has 0 N–H and O–H groups in total. The van der Waals surface area contributed by atoms with Crippen LogP contribution in [0.5, 0.6) is 0 Å². The third-order valence-corrected chi connectivity index (χ3v) is 3.24. The molecule has 0 aliphatic rings. The van der Waals surface area contributed by atoms with Crippen LogP contribution in [0.15, 0.2) is 39.6 Å². The summed E-state index contributed by atoms with van der Waals surface area (Å²) in [5.74, 6) is 0. The molecule has 0 saturated carbocycles. The summed E-state index contributed by atoms with van der Waals surface area (Å²) in [7, 11) is -3.47. The van der Waals surface area contributed by atoms with Gasteiger partial charge in [0.2, 0.25) is 0 Å². The van der Waals surface area contributed by atoms with Crippen LogP contribution in [-0.2, 0) is 10.0 Å². The molecule has 3 nitrogen and oxygen atoms in total. The summed E-state index contributed by atoms with van der Waals surface area (Å²) >= 11 is 0. The molecule has 0 atom stereocenters. The van der Waals surface area contributed by atoms with Gasteiger partial charge in [-0.2, -0.15) is 12.8 Å². The lowest BCUT2D eigenvalue weighted by Gasteiger charge is -1.96. The van der Waals surface area contributed by atoms with E-state index < -0.39 is 10.0 Å². The number of benzene rings is 1. The van der Waals surface area contributed by atoms with Crippen LogP contribution in [0.25, 0.3) is 0 Å². The van der Waals surface area contributed by atoms with Gasteiger partial charge < -0.3 is 0 Å². The highest BCUT2D eigenvalue weighted by molar-refractivity contribution is 7.90. The zero-order chi connectivity index (χ0) is 11.1. The van der Waals surface area contributed by atoms with Gasteiger partial charge in [0.05, 0.1) is 4.90 Å². The van der Waals surface area contributed by atoms with Crippen molar-refractivity contribution >= 4 is 16.2 Å². The fourth-order valence-corrected chi connectivity index (χ4v) is 2.02. The Morgan fingerprint density at radius 2 is 1.93 bits per heavy atom. The fraction of sp³-hybridized carbons (Fsp3) is 0.364. The van der Waals surface area contributed by atoms with Gasteiger partial charge in [0.25, 0.3) is 10.0 Å². The molecule has 0 saturated heterocycles. The van der Waals surface area contributed by atoms with E-state index in [0.717, 1.165) is 12.8 Å². The quantitative estimate of drug-likeness (QED) is 0.571. The van der Waals surface area contributed by atoms with E-state index in [1.807, 2.05) is 0 Å². The fourth-order valence-electron chi connectivity index (χ4n) is 1.10. The van der Waals surface area contributed by atoms with Crippen LogP contribution in [0.1, 0.15) is 26.2 Å². The molecule has 0 bridgehead atoms. The zero-order valence-corrected chi connectivity index (χ0v) is 9.57. The molecule has 0 aliphatic heterocycles. The zero-order valence-electron chi connectivity index (χ0n) is 8.76. The lowest BCUT2D eigenvalue weighted by molar-refractivity contribution is 0.598. The first-order valence-corrected chi connectivity index (χ1v) is 6.44. The van der Waals surface area contributed by atoms with Crippen molar-refractivity contribution in [1.82, 2.24) is 0 Å². The molecule has 0 spiro atoms. The first kappa shape index (κ1) is 11.9. The molecular formula is C11H15NO2S. The number of sulfonamides is 1. The molecule has 1 aromatic carbocycles. The summed E-state index contributed by atoms with van der Waals surface area (Å²) < 4.78 is 26.8. The van der Waals surface area contributed by atoms with Crippen LogP contribution in [0.4, 0.5) is 0 Å². The predicted octanol–water partition coefficient (Wildman–Crippen LogP) is 2.64. The van der Waals surface area contributed by atoms with Crippen molar-refractivity contribution in [3.8, 4) is 0 Å². The Hall–Kier alpha value is -1.16. The van der Waals surface area contributed by atoms with E-state index in [9.17, 15) is 8.42 Å². The van der Waals surface area contributed by atoms with Crippen LogP contribution in [0, 0.1) is 0 Å². The largest absolute Gasteiger partial charge is 0.281 e. The van der Waals surface area contributed by atoms with Crippen molar-refractivity contribution in [3.05, 3.63) is 30.3 Å². The minimum Gasteiger partial charge on any atom is -0.199 e. The van der Waals surface area contributed by atoms with E-state index in [4.69, 9.17) is 0 Å². The molecule has 0 heterocycles. The number of rotatable bonds is 5. The second-order valence-corrected chi connectivity index (χ2v) is 4.85. The Labute approximate surface area is 90.9 Å². The maximum Gasteiger partial charge on any atom is 0.281 e. The molecule has 0 fully saturated rings. The SMILES string of the molecule is CCCCC=NS(=O)(=O)c1ccccc1. The number of nitrogens with zero attached hydrogens (tertiary/aromatic N) is 1. The van der Waals surface area contributed by atoms with Gasteiger partial charge in [-0.05, 0) is 25.0 Å². The van der Waals surface area contributed by atoms with E-state index >= 15 is 0 Å². The molecule has 82 valence electrons. The third-order valence-electron chi connectivity index (χ3n) is 1.94. The van der Waals surface area contributed by atoms with E-state index in [1.165, 1.54) is 6.21 Å². The minimum absolute atomic E-state index is 0.248. The highest BCUT2D eigenvalue weighted by atomic mass is 32.2. The van der Waals surface area contributed by atoms with Gasteiger partial charge in [-0.15, -0.1) is 0 Å². The van der Waals surface area contributed by atoms with Gasteiger partial charge in [0.15, 0.2) is 0 Å². The average molecular weight is 225 g/mol. The summed E-state index contributed by atoms with van der Waals surface area (Å²) in [5, 5.41) is 0. The lowest BCUT2D eigenvalue weighted by Crippen LogP contribution is -1.96. The van der Waals surface area contributed by atoms with E-state index in [-0.39, 0.29) is 4.90 Å². The van der Waals surface area contributed by atoms with Crippen molar-refractivity contribution in [2.24, 2.45) is 4.40 Å². The summed E-state index contributed by atoms with van der Waals surface area (Å²) in [6, 6.07) is 8.25. The molecule has 1 aromatic rings. The molecular weight excluding hydrogens is 210 g/mol. The third kappa shape index (κ3) is 3.83. The maximum atomic E-state index is 11.6. The molecule has 1 rings (SSSR count). The Morgan fingerprint density at radius 1 is 1.27 bits per heavy atom. The molecule has 0 unspecified atom stereocenters. The summed E-state index contributed by atoms with van der Waals surface area (Å²) in [6.07, 6.45) is 4.19. The van der Waals surface area contributed by atoms with E-state index in [1.54, 1.807) is 30.3 Å². The van der Waals surface area contributed by atoms with Gasteiger partial charge >= 0.3 is 0 Å². The predicted molar refractivity (Wildman–Crippen MR) is 61.6 cm³/mol. The maximum absolute atomic E-state index is 11.6. The van der Waals surface area contributed by atoms with Crippen LogP contribution < -0.4 is 0 Å². The summed E-state index contributed by atoms with van der Waals surface area (Å²) in [5.41, 5.74) is 0. The van der Waals surface area contributed by atoms with Crippen molar-refractivity contribution in [2.45, 2.75) is 31.1 Å². The van der Waals surface area contributed by atoms with Crippen LogP contribution in [0.2, 0.25) is 0 Å². The molecule has 0 radical (unpaired) electrons. The smallest absolute Gasteiger partial charge is 0.199 e. The van der Waals surface area contributed by atoms with Gasteiger partial charge in [0.1, 0.15) is 0 Å². The van der Waals surface area contributed by atoms with Crippen molar-refractivity contribution in [2.75, 3.05) is 0 Å². The molecule has 15 heavy (non-hydrogen) atoms. The van der Waals surface area contributed by atoms with Crippen LogP contribution >= 0.6 is 0 Å². The Balaban J connectivity index is 2.73. The second-order valence-electron chi connectivity index (χ2n) is 3.22. The van der Waals surface area contributed by atoms with Gasteiger partial charge in [0, 0.05) is 6.21 Å². The molecule has 0 amide bonds. The average Bonchev–Trinajstić information content (AvgIpc) is 2.26. The van der Waals surface area contributed by atoms with E-state index in [2.05, 4.69) is 11.3 Å². The molecule has 0 aromatic heterocycles. The highest BCUT2D eigenvalue weighted by Gasteiger charge is 2.09. The first-order valence-electron chi connectivity index (χ1n) is 5.00. The Bertz CT molecular complexity index is 409. The van der Waals surface area contributed by atoms with Gasteiger partial charge in [-0.25, -0.2) is 0 Å². The standard InChI is InChI=1S/C11H15NO2S/c1-2-3-7-10-12-15(13,14)11-8-5-4-6-9-11/h4-6,8-10H,2-3,7H2,1H3. The van der Waals surface area contributed by atoms with Crippen molar-refractivity contribution in [1.29, 1.82) is 0 Å². The number of unbranched alkanes of at least 4 members (excludes halogenated alkanes) is 2. The Morgan fingerprint density at radius 3 is 2.53 bits per heavy atom. The monoisotopic (exact) mass is 225 g/mol. The highest BCUT2D eigenvalue weighted by Crippen LogP contribution is 2.10. The van der Waals surface area contributed by atoms with Gasteiger partial charge in [-0.1, -0.05) is 31.5 Å². The van der Waals surface area contributed by atoms with Gasteiger partial charge in [-0.3, -0.25) is 0 Å². The second kappa shape index (κ2) is 5.66. The summed E-state index contributed by atoms with van der Waals surface area (Å²) in [6.45, 7) is 2.06. The topological polar surface area (TPSA) is 46.5 Å². The first-order chi connectivity index (χ1) is 7.17. The van der Waals surface area contributed by atoms with E-state index in [0.29, 0.717) is 6.42 Å². The normalized spacial score (nSPS) is 12.1. The minimum atomic E-state index is -3.47. The van der Waals surface area contributed by atoms with Crippen molar-refractivity contribution < 1.29 is 8.42 Å². The van der Waals surface area contributed by atoms with Crippen molar-refractivity contribution in [3.63, 3.8) is 0 Å². The molecule has 0 aliphatic carbocycles. The van der Waals surface area contributed by atoms with Crippen LogP contribution in [-0.4, -0.2) is 14.6 Å². The lowest BCUT2D eigenvalue weighted by atomic mass is 10.3.